The maximum absolute atomic E-state index is 9.94. The zero-order valence-corrected chi connectivity index (χ0v) is 4.61. The molecule has 44 valence electrons. The average Bonchev–Trinajstić information content (AvgIpc) is 1.30. The van der Waals surface area contributed by atoms with E-state index in [2.05, 4.69) is 11.7 Å². The second kappa shape index (κ2) is 4.16. The molecule has 0 aliphatic heterocycles. The molecule has 0 aromatic heterocycles. The van der Waals surface area contributed by atoms with Gasteiger partial charge in [0, 0.05) is 0 Å². The summed E-state index contributed by atoms with van der Waals surface area (Å²) >= 11 is 0. The fourth-order valence-corrected chi connectivity index (χ4v) is 0.493. The molecular formula is C3H8LiNO2S. The predicted octanol–water partition coefficient (Wildman–Crippen LogP) is -1.19. The van der Waals surface area contributed by atoms with Gasteiger partial charge >= 0.3 is 18.9 Å². The minimum atomic E-state index is -3.29. The fourth-order valence-electron chi connectivity index (χ4n) is 0.164. The van der Waals surface area contributed by atoms with Gasteiger partial charge in [0.05, 0.1) is 5.75 Å². The summed E-state index contributed by atoms with van der Waals surface area (Å²) in [6.45, 7) is 3.19. The first-order valence-electron chi connectivity index (χ1n) is 1.67. The van der Waals surface area contributed by atoms with Gasteiger partial charge < -0.3 is 0 Å². The Balaban J connectivity index is 0. The van der Waals surface area contributed by atoms with Crippen LogP contribution in [0.5, 0.6) is 0 Å². The van der Waals surface area contributed by atoms with E-state index in [1.54, 1.807) is 0 Å². The first-order chi connectivity index (χ1) is 3.06. The van der Waals surface area contributed by atoms with Gasteiger partial charge in [-0.15, -0.1) is 6.58 Å². The maximum atomic E-state index is 9.94. The van der Waals surface area contributed by atoms with E-state index in [1.807, 2.05) is 0 Å². The van der Waals surface area contributed by atoms with Gasteiger partial charge in [-0.25, -0.2) is 13.6 Å². The van der Waals surface area contributed by atoms with Crippen LogP contribution in [0.25, 0.3) is 0 Å². The molecule has 0 radical (unpaired) electrons. The van der Waals surface area contributed by atoms with Crippen molar-refractivity contribution in [1.29, 1.82) is 0 Å². The van der Waals surface area contributed by atoms with Crippen LogP contribution in [0.2, 0.25) is 0 Å². The molecule has 0 rings (SSSR count). The molecule has 3 nitrogen and oxygen atoms in total. The molecule has 0 fully saturated rings. The Kier molecular flexibility index (Phi) is 5.77. The normalized spacial score (nSPS) is 9.62. The van der Waals surface area contributed by atoms with Gasteiger partial charge in [0.2, 0.25) is 10.0 Å². The van der Waals surface area contributed by atoms with Crippen molar-refractivity contribution in [2.75, 3.05) is 5.75 Å². The van der Waals surface area contributed by atoms with Crippen molar-refractivity contribution < 1.29 is 8.42 Å². The molecule has 8 heavy (non-hydrogen) atoms. The summed E-state index contributed by atoms with van der Waals surface area (Å²) in [6, 6.07) is 0. The van der Waals surface area contributed by atoms with E-state index in [0.717, 1.165) is 0 Å². The number of hydrogen-bond acceptors (Lipinski definition) is 2. The summed E-state index contributed by atoms with van der Waals surface area (Å²) in [6.07, 6.45) is 1.25. The zero-order chi connectivity index (χ0) is 5.91. The van der Waals surface area contributed by atoms with Crippen LogP contribution in [0.3, 0.4) is 0 Å². The van der Waals surface area contributed by atoms with Crippen LogP contribution in [0.4, 0.5) is 0 Å². The molecule has 0 aromatic carbocycles. The molecule has 0 heterocycles. The van der Waals surface area contributed by atoms with Gasteiger partial charge in [-0.2, -0.15) is 0 Å². The summed E-state index contributed by atoms with van der Waals surface area (Å²) < 4.78 is 19.9. The van der Waals surface area contributed by atoms with Gasteiger partial charge in [0.25, 0.3) is 0 Å². The fraction of sp³-hybridized carbons (Fsp3) is 0.333. The van der Waals surface area contributed by atoms with Crippen LogP contribution in [0.1, 0.15) is 0 Å². The molecule has 0 aliphatic carbocycles. The first kappa shape index (κ1) is 11.1. The van der Waals surface area contributed by atoms with E-state index in [9.17, 15) is 8.42 Å². The van der Waals surface area contributed by atoms with Crippen molar-refractivity contribution in [3.8, 4) is 0 Å². The number of nitrogens with two attached hydrogens (primary N) is 1. The van der Waals surface area contributed by atoms with Crippen molar-refractivity contribution in [2.45, 2.75) is 0 Å². The standard InChI is InChI=1S/C3H7NO2S.Li.H/c1-2-3-7(4,5)6;;/h2H,1,3H2,(H2,4,5,6);;. The molecule has 2 N–H and O–H groups in total. The molecule has 5 heteroatoms. The van der Waals surface area contributed by atoms with Crippen molar-refractivity contribution in [1.82, 2.24) is 0 Å². The molecule has 0 saturated carbocycles. The summed E-state index contributed by atoms with van der Waals surface area (Å²) in [5.74, 6) is -0.146. The Morgan fingerprint density at radius 2 is 2.00 bits per heavy atom. The monoisotopic (exact) mass is 129 g/mol. The van der Waals surface area contributed by atoms with Gasteiger partial charge in [-0.3, -0.25) is 0 Å². The third-order valence-corrected chi connectivity index (χ3v) is 1.05. The van der Waals surface area contributed by atoms with E-state index in [0.29, 0.717) is 0 Å². The summed E-state index contributed by atoms with van der Waals surface area (Å²) in [4.78, 5) is 0. The van der Waals surface area contributed by atoms with Crippen LogP contribution in [0.15, 0.2) is 12.7 Å². The minimum absolute atomic E-state index is 0. The van der Waals surface area contributed by atoms with Gasteiger partial charge in [-0.05, 0) is 0 Å². The zero-order valence-electron chi connectivity index (χ0n) is 3.79. The quantitative estimate of drug-likeness (QED) is 0.376. The molecule has 0 atom stereocenters. The molecular weight excluding hydrogens is 121 g/mol. The molecule has 0 aliphatic rings. The number of rotatable bonds is 2. The van der Waals surface area contributed by atoms with Crippen LogP contribution >= 0.6 is 0 Å². The van der Waals surface area contributed by atoms with E-state index >= 15 is 0 Å². The van der Waals surface area contributed by atoms with Gasteiger partial charge in [0.15, 0.2) is 0 Å². The van der Waals surface area contributed by atoms with Crippen molar-refractivity contribution in [3.05, 3.63) is 12.7 Å². The molecule has 0 amide bonds. The molecule has 0 aromatic rings. The van der Waals surface area contributed by atoms with Crippen molar-refractivity contribution >= 4 is 28.9 Å². The third-order valence-electron chi connectivity index (χ3n) is 0.350. The Bertz CT molecular complexity index is 151. The SMILES string of the molecule is C=CCS(N)(=O)=O.[LiH]. The van der Waals surface area contributed by atoms with E-state index in [4.69, 9.17) is 0 Å². The van der Waals surface area contributed by atoms with Crippen LogP contribution in [0, 0.1) is 0 Å². The van der Waals surface area contributed by atoms with E-state index in [1.165, 1.54) is 6.08 Å². The third kappa shape index (κ3) is 9.54. The van der Waals surface area contributed by atoms with Crippen LogP contribution < -0.4 is 5.14 Å². The molecule has 0 unspecified atom stereocenters. The Morgan fingerprint density at radius 3 is 2.00 bits per heavy atom. The Hall–Kier alpha value is 0.247. The van der Waals surface area contributed by atoms with E-state index in [-0.39, 0.29) is 24.6 Å². The second-order valence-electron chi connectivity index (χ2n) is 1.12. The van der Waals surface area contributed by atoms with E-state index < -0.39 is 10.0 Å². The Labute approximate surface area is 61.2 Å². The first-order valence-corrected chi connectivity index (χ1v) is 3.39. The number of hydrogen-bond donors (Lipinski definition) is 1. The van der Waals surface area contributed by atoms with Crippen molar-refractivity contribution in [2.24, 2.45) is 5.14 Å². The number of primary sulfonamides is 1. The topological polar surface area (TPSA) is 60.2 Å². The van der Waals surface area contributed by atoms with Crippen LogP contribution in [-0.2, 0) is 10.0 Å². The second-order valence-corrected chi connectivity index (χ2v) is 2.78. The average molecular weight is 129 g/mol. The summed E-state index contributed by atoms with van der Waals surface area (Å²) in [5, 5.41) is 4.55. The molecule has 0 spiro atoms. The summed E-state index contributed by atoms with van der Waals surface area (Å²) in [5.41, 5.74) is 0. The van der Waals surface area contributed by atoms with Crippen LogP contribution in [-0.4, -0.2) is 33.0 Å². The van der Waals surface area contributed by atoms with Gasteiger partial charge in [0.1, 0.15) is 0 Å². The molecule has 0 saturated heterocycles. The molecule has 0 bridgehead atoms. The Morgan fingerprint density at radius 1 is 1.62 bits per heavy atom. The van der Waals surface area contributed by atoms with Crippen molar-refractivity contribution in [3.63, 3.8) is 0 Å². The predicted molar refractivity (Wildman–Crippen MR) is 35.3 cm³/mol. The number of sulfonamides is 1. The summed E-state index contributed by atoms with van der Waals surface area (Å²) in [7, 11) is -3.29. The van der Waals surface area contributed by atoms with Gasteiger partial charge in [-0.1, -0.05) is 6.08 Å².